The number of hydrogen-bond donors (Lipinski definition) is 2. The summed E-state index contributed by atoms with van der Waals surface area (Å²) in [5.41, 5.74) is 2.66. The van der Waals surface area contributed by atoms with Gasteiger partial charge in [-0.2, -0.15) is 0 Å². The largest absolute Gasteiger partial charge is 0.493 e. The Labute approximate surface area is 229 Å². The number of hydrogen-bond acceptors (Lipinski definition) is 7. The first-order chi connectivity index (χ1) is 19.0. The number of piperazine rings is 1. The van der Waals surface area contributed by atoms with Gasteiger partial charge < -0.3 is 34.8 Å². The number of nitrogens with one attached hydrogen (secondary N) is 2. The van der Waals surface area contributed by atoms with Crippen molar-refractivity contribution in [2.24, 2.45) is 5.92 Å². The average molecular weight is 536 g/mol. The predicted octanol–water partition coefficient (Wildman–Crippen LogP) is 2.45. The molecule has 2 heterocycles. The maximum absolute atomic E-state index is 13.3. The van der Waals surface area contributed by atoms with E-state index < -0.39 is 0 Å². The molecular formula is C29H37N5O5. The first-order valence-electron chi connectivity index (χ1n) is 13.7. The molecular weight excluding hydrogens is 498 g/mol. The Morgan fingerprint density at radius 2 is 1.46 bits per heavy atom. The Balaban J connectivity index is 1.33. The van der Waals surface area contributed by atoms with Crippen LogP contribution in [0, 0.1) is 5.92 Å². The number of carbonyl (C=O) groups is 3. The van der Waals surface area contributed by atoms with Gasteiger partial charge in [-0.1, -0.05) is 0 Å². The highest BCUT2D eigenvalue weighted by molar-refractivity contribution is 6.01. The van der Waals surface area contributed by atoms with Crippen molar-refractivity contribution >= 4 is 29.1 Å². The van der Waals surface area contributed by atoms with E-state index in [9.17, 15) is 14.4 Å². The van der Waals surface area contributed by atoms with Gasteiger partial charge in [-0.05, 0) is 55.7 Å². The van der Waals surface area contributed by atoms with Crippen molar-refractivity contribution in [3.05, 3.63) is 47.5 Å². The molecule has 39 heavy (non-hydrogen) atoms. The molecule has 2 aromatic carbocycles. The summed E-state index contributed by atoms with van der Waals surface area (Å²) >= 11 is 0. The van der Waals surface area contributed by atoms with E-state index >= 15 is 0 Å². The van der Waals surface area contributed by atoms with Crippen LogP contribution in [0.4, 0.5) is 11.4 Å². The Morgan fingerprint density at radius 1 is 0.795 bits per heavy atom. The molecule has 5 rings (SSSR count). The number of rotatable bonds is 7. The molecule has 0 bridgehead atoms. The summed E-state index contributed by atoms with van der Waals surface area (Å²) in [5, 5.41) is 6.37. The van der Waals surface area contributed by atoms with Crippen LogP contribution in [0.25, 0.3) is 0 Å². The maximum Gasteiger partial charge on any atom is 0.254 e. The van der Waals surface area contributed by atoms with E-state index in [4.69, 9.17) is 9.47 Å². The topological polar surface area (TPSA) is 103 Å². The Morgan fingerprint density at radius 3 is 2.15 bits per heavy atom. The molecule has 2 aliphatic heterocycles. The minimum atomic E-state index is -0.0583. The van der Waals surface area contributed by atoms with Gasteiger partial charge in [0, 0.05) is 69.4 Å². The fraction of sp³-hybridized carbons (Fsp3) is 0.483. The van der Waals surface area contributed by atoms with Gasteiger partial charge in [0.05, 0.1) is 25.6 Å². The summed E-state index contributed by atoms with van der Waals surface area (Å²) < 4.78 is 10.7. The number of ether oxygens (including phenoxy) is 2. The molecule has 2 saturated heterocycles. The summed E-state index contributed by atoms with van der Waals surface area (Å²) in [6, 6.07) is 10.8. The molecule has 0 unspecified atom stereocenters. The molecule has 0 spiro atoms. The molecule has 3 fully saturated rings. The molecule has 1 aliphatic carbocycles. The van der Waals surface area contributed by atoms with Gasteiger partial charge in [0.2, 0.25) is 5.91 Å². The zero-order valence-electron chi connectivity index (χ0n) is 22.7. The van der Waals surface area contributed by atoms with Gasteiger partial charge in [0.15, 0.2) is 11.5 Å². The zero-order valence-corrected chi connectivity index (χ0v) is 22.7. The highest BCUT2D eigenvalue weighted by Crippen LogP contribution is 2.34. The third kappa shape index (κ3) is 6.11. The smallest absolute Gasteiger partial charge is 0.254 e. The van der Waals surface area contributed by atoms with Crippen molar-refractivity contribution in [3.8, 4) is 11.5 Å². The number of nitrogens with zero attached hydrogens (tertiary/aromatic N) is 3. The highest BCUT2D eigenvalue weighted by atomic mass is 16.5. The number of carbonyl (C=O) groups excluding carboxylic acids is 3. The van der Waals surface area contributed by atoms with Gasteiger partial charge in [-0.3, -0.25) is 14.4 Å². The van der Waals surface area contributed by atoms with Crippen molar-refractivity contribution in [1.82, 2.24) is 15.1 Å². The highest BCUT2D eigenvalue weighted by Gasteiger charge is 2.31. The van der Waals surface area contributed by atoms with E-state index in [2.05, 4.69) is 15.5 Å². The van der Waals surface area contributed by atoms with Crippen LogP contribution < -0.4 is 25.0 Å². The molecule has 1 saturated carbocycles. The average Bonchev–Trinajstić information content (AvgIpc) is 3.84. The van der Waals surface area contributed by atoms with E-state index in [0.29, 0.717) is 61.0 Å². The first-order valence-corrected chi connectivity index (χ1v) is 13.7. The van der Waals surface area contributed by atoms with Crippen LogP contribution in [0.3, 0.4) is 0 Å². The van der Waals surface area contributed by atoms with Crippen LogP contribution in [0.1, 0.15) is 40.0 Å². The molecule has 3 amide bonds. The van der Waals surface area contributed by atoms with Crippen molar-refractivity contribution in [3.63, 3.8) is 0 Å². The minimum absolute atomic E-state index is 0.00287. The van der Waals surface area contributed by atoms with E-state index in [1.54, 1.807) is 32.4 Å². The predicted molar refractivity (Wildman–Crippen MR) is 149 cm³/mol. The van der Waals surface area contributed by atoms with Crippen LogP contribution in [0.2, 0.25) is 0 Å². The molecule has 0 atom stereocenters. The van der Waals surface area contributed by atoms with Crippen LogP contribution in [0.5, 0.6) is 11.5 Å². The fourth-order valence-corrected chi connectivity index (χ4v) is 5.19. The minimum Gasteiger partial charge on any atom is -0.493 e. The summed E-state index contributed by atoms with van der Waals surface area (Å²) in [4.78, 5) is 45.2. The van der Waals surface area contributed by atoms with Crippen molar-refractivity contribution < 1.29 is 23.9 Å². The molecule has 2 N–H and O–H groups in total. The first kappa shape index (κ1) is 26.8. The molecule has 0 aromatic heterocycles. The van der Waals surface area contributed by atoms with Gasteiger partial charge >= 0.3 is 0 Å². The molecule has 208 valence electrons. The van der Waals surface area contributed by atoms with Crippen molar-refractivity contribution in [2.45, 2.75) is 19.3 Å². The zero-order chi connectivity index (χ0) is 27.4. The van der Waals surface area contributed by atoms with Crippen LogP contribution in [-0.2, 0) is 4.79 Å². The van der Waals surface area contributed by atoms with Crippen LogP contribution in [-0.4, -0.2) is 94.1 Å². The lowest BCUT2D eigenvalue weighted by Gasteiger charge is -2.29. The molecule has 10 heteroatoms. The number of amides is 3. The monoisotopic (exact) mass is 535 g/mol. The second-order valence-corrected chi connectivity index (χ2v) is 10.2. The van der Waals surface area contributed by atoms with Crippen LogP contribution in [0.15, 0.2) is 36.4 Å². The Bertz CT molecular complexity index is 1220. The quantitative estimate of drug-likeness (QED) is 0.561. The van der Waals surface area contributed by atoms with E-state index in [-0.39, 0.29) is 23.6 Å². The molecule has 0 radical (unpaired) electrons. The standard InChI is InChI=1S/C29H37N5O5/c1-38-25-9-7-22(19-26(25)39-2)29(37)33-13-3-12-32(16-17-33)24-8-6-21(28(36)34-14-10-30-11-15-34)18-23(24)31-27(35)20-4-5-20/h6-9,18-20,30H,3-5,10-17H2,1-2H3,(H,31,35). The number of anilines is 2. The maximum atomic E-state index is 13.3. The summed E-state index contributed by atoms with van der Waals surface area (Å²) in [5.74, 6) is 1.07. The Kier molecular flexibility index (Phi) is 8.21. The second kappa shape index (κ2) is 11.9. The molecule has 3 aliphatic rings. The SMILES string of the molecule is COc1ccc(C(=O)N2CCCN(c3ccc(C(=O)N4CCNCC4)cc3NC(=O)C3CC3)CC2)cc1OC. The summed E-state index contributed by atoms with van der Waals surface area (Å²) in [6.07, 6.45) is 2.57. The normalized spacial score (nSPS) is 17.8. The lowest BCUT2D eigenvalue weighted by atomic mass is 10.1. The molecule has 10 nitrogen and oxygen atoms in total. The van der Waals surface area contributed by atoms with E-state index in [1.165, 1.54) is 0 Å². The van der Waals surface area contributed by atoms with Gasteiger partial charge in [-0.25, -0.2) is 0 Å². The van der Waals surface area contributed by atoms with Gasteiger partial charge in [0.1, 0.15) is 0 Å². The number of methoxy groups -OCH3 is 2. The summed E-state index contributed by atoms with van der Waals surface area (Å²) in [6.45, 7) is 5.38. The number of benzene rings is 2. The van der Waals surface area contributed by atoms with E-state index in [0.717, 1.165) is 44.6 Å². The van der Waals surface area contributed by atoms with Gasteiger partial charge in [-0.15, -0.1) is 0 Å². The van der Waals surface area contributed by atoms with Crippen molar-refractivity contribution in [1.29, 1.82) is 0 Å². The summed E-state index contributed by atoms with van der Waals surface area (Å²) in [7, 11) is 3.12. The van der Waals surface area contributed by atoms with Crippen LogP contribution >= 0.6 is 0 Å². The van der Waals surface area contributed by atoms with E-state index in [1.807, 2.05) is 28.0 Å². The van der Waals surface area contributed by atoms with Crippen molar-refractivity contribution in [2.75, 3.05) is 76.8 Å². The second-order valence-electron chi connectivity index (χ2n) is 10.2. The third-order valence-corrected chi connectivity index (χ3v) is 7.61. The fourth-order valence-electron chi connectivity index (χ4n) is 5.19. The molecule has 2 aromatic rings. The van der Waals surface area contributed by atoms with Gasteiger partial charge in [0.25, 0.3) is 11.8 Å². The lowest BCUT2D eigenvalue weighted by molar-refractivity contribution is -0.117. The Hall–Kier alpha value is -3.79. The lowest BCUT2D eigenvalue weighted by Crippen LogP contribution is -2.46. The third-order valence-electron chi connectivity index (χ3n) is 7.61.